The molecule has 0 saturated heterocycles. The Bertz CT molecular complexity index is 1020. The van der Waals surface area contributed by atoms with Gasteiger partial charge in [-0.25, -0.2) is 0 Å². The highest BCUT2D eigenvalue weighted by Gasteiger charge is 2.12. The van der Waals surface area contributed by atoms with E-state index < -0.39 is 0 Å². The quantitative estimate of drug-likeness (QED) is 0.422. The molecule has 6 heteroatoms. The van der Waals surface area contributed by atoms with Gasteiger partial charge in [-0.3, -0.25) is 4.79 Å². The summed E-state index contributed by atoms with van der Waals surface area (Å²) in [4.78, 5) is 17.4. The van der Waals surface area contributed by atoms with E-state index in [1.165, 1.54) is 17.4 Å². The lowest BCUT2D eigenvalue weighted by Crippen LogP contribution is -2.19. The summed E-state index contributed by atoms with van der Waals surface area (Å²) >= 11 is 1.48. The standard InChI is InChI=1S/C22H24N2O3S/c1-3-26-16-15-24-21-18(27-4-2)11-8-12-19(21)28-22(24)23-20(25)14-13-17-9-6-5-7-10-17/h5-14H,3-4,15-16H2,1-2H3/b14-13+,23-22?. The summed E-state index contributed by atoms with van der Waals surface area (Å²) in [6.45, 7) is 6.29. The SMILES string of the molecule is CCOCCn1c(=NC(=O)/C=C/c2ccccc2)sc2cccc(OCC)c21. The van der Waals surface area contributed by atoms with Crippen LogP contribution in [0.1, 0.15) is 19.4 Å². The van der Waals surface area contributed by atoms with E-state index >= 15 is 0 Å². The molecule has 2 aromatic carbocycles. The number of hydrogen-bond donors (Lipinski definition) is 0. The molecule has 0 unspecified atom stereocenters. The second kappa shape index (κ2) is 10.0. The summed E-state index contributed by atoms with van der Waals surface area (Å²) in [5.74, 6) is 0.500. The van der Waals surface area contributed by atoms with Crippen LogP contribution in [0.25, 0.3) is 16.3 Å². The van der Waals surface area contributed by atoms with E-state index in [2.05, 4.69) is 4.99 Å². The van der Waals surface area contributed by atoms with Crippen molar-refractivity contribution < 1.29 is 14.3 Å². The molecule has 1 aromatic heterocycles. The second-order valence-corrected chi connectivity index (χ2v) is 6.97. The average molecular weight is 397 g/mol. The van der Waals surface area contributed by atoms with Crippen LogP contribution in [0, 0.1) is 0 Å². The van der Waals surface area contributed by atoms with Gasteiger partial charge in [0, 0.05) is 19.2 Å². The lowest BCUT2D eigenvalue weighted by molar-refractivity contribution is -0.113. The third-order valence-corrected chi connectivity index (χ3v) is 5.09. The topological polar surface area (TPSA) is 52.8 Å². The van der Waals surface area contributed by atoms with Crippen LogP contribution in [0.2, 0.25) is 0 Å². The first-order valence-corrected chi connectivity index (χ1v) is 10.2. The molecule has 1 amide bonds. The largest absolute Gasteiger partial charge is 0.492 e. The number of amides is 1. The smallest absolute Gasteiger partial charge is 0.272 e. The van der Waals surface area contributed by atoms with Crippen LogP contribution in [0.5, 0.6) is 5.75 Å². The first kappa shape index (κ1) is 20.0. The molecule has 0 fully saturated rings. The predicted molar refractivity (Wildman–Crippen MR) is 114 cm³/mol. The number of nitrogens with zero attached hydrogens (tertiary/aromatic N) is 2. The van der Waals surface area contributed by atoms with E-state index in [9.17, 15) is 4.79 Å². The molecule has 0 aliphatic rings. The van der Waals surface area contributed by atoms with Crippen molar-refractivity contribution in [2.45, 2.75) is 20.4 Å². The molecule has 0 aliphatic carbocycles. The molecular weight excluding hydrogens is 372 g/mol. The third kappa shape index (κ3) is 4.97. The Labute approximate surface area is 168 Å². The van der Waals surface area contributed by atoms with Crippen LogP contribution in [0.4, 0.5) is 0 Å². The van der Waals surface area contributed by atoms with Crippen molar-refractivity contribution in [3.8, 4) is 5.75 Å². The van der Waals surface area contributed by atoms with E-state index in [0.717, 1.165) is 21.5 Å². The van der Waals surface area contributed by atoms with E-state index in [0.29, 0.717) is 31.2 Å². The number of carbonyl (C=O) groups is 1. The Morgan fingerprint density at radius 1 is 1.11 bits per heavy atom. The van der Waals surface area contributed by atoms with Crippen LogP contribution < -0.4 is 9.54 Å². The van der Waals surface area contributed by atoms with Gasteiger partial charge in [0.05, 0.1) is 17.9 Å². The highest BCUT2D eigenvalue weighted by atomic mass is 32.1. The van der Waals surface area contributed by atoms with Gasteiger partial charge in [0.2, 0.25) is 0 Å². The van der Waals surface area contributed by atoms with Crippen molar-refractivity contribution in [3.63, 3.8) is 0 Å². The third-order valence-electron chi connectivity index (χ3n) is 4.05. The molecule has 0 aliphatic heterocycles. The molecule has 0 radical (unpaired) electrons. The van der Waals surface area contributed by atoms with Crippen LogP contribution in [-0.2, 0) is 16.1 Å². The van der Waals surface area contributed by atoms with E-state index in [4.69, 9.17) is 9.47 Å². The second-order valence-electron chi connectivity index (χ2n) is 5.96. The number of para-hydroxylation sites is 1. The van der Waals surface area contributed by atoms with Crippen LogP contribution in [0.3, 0.4) is 0 Å². The lowest BCUT2D eigenvalue weighted by Gasteiger charge is -2.09. The van der Waals surface area contributed by atoms with Crippen LogP contribution in [-0.4, -0.2) is 30.3 Å². The fraction of sp³-hybridized carbons (Fsp3) is 0.273. The van der Waals surface area contributed by atoms with Crippen molar-refractivity contribution in [2.24, 2.45) is 4.99 Å². The highest BCUT2D eigenvalue weighted by Crippen LogP contribution is 2.27. The number of benzene rings is 2. The van der Waals surface area contributed by atoms with Gasteiger partial charge in [-0.1, -0.05) is 47.7 Å². The maximum atomic E-state index is 12.4. The Morgan fingerprint density at radius 2 is 1.93 bits per heavy atom. The predicted octanol–water partition coefficient (Wildman–Crippen LogP) is 4.28. The van der Waals surface area contributed by atoms with Gasteiger partial charge in [-0.2, -0.15) is 4.99 Å². The Balaban J connectivity index is 1.99. The minimum absolute atomic E-state index is 0.293. The van der Waals surface area contributed by atoms with E-state index in [-0.39, 0.29) is 5.91 Å². The number of aromatic nitrogens is 1. The minimum Gasteiger partial charge on any atom is -0.492 e. The number of hydrogen-bond acceptors (Lipinski definition) is 4. The molecule has 0 N–H and O–H groups in total. The van der Waals surface area contributed by atoms with E-state index in [1.54, 1.807) is 6.08 Å². The summed E-state index contributed by atoms with van der Waals surface area (Å²) in [7, 11) is 0. The summed E-state index contributed by atoms with van der Waals surface area (Å²) in [5, 5.41) is 0. The maximum absolute atomic E-state index is 12.4. The van der Waals surface area contributed by atoms with Crippen molar-refractivity contribution in [1.82, 2.24) is 4.57 Å². The van der Waals surface area contributed by atoms with E-state index in [1.807, 2.05) is 66.9 Å². The zero-order valence-electron chi connectivity index (χ0n) is 16.1. The average Bonchev–Trinajstić information content (AvgIpc) is 3.06. The molecule has 0 atom stereocenters. The molecule has 3 rings (SSSR count). The Kier molecular flexibility index (Phi) is 7.17. The monoisotopic (exact) mass is 396 g/mol. The first-order chi connectivity index (χ1) is 13.7. The van der Waals surface area contributed by atoms with Gasteiger partial charge in [0.1, 0.15) is 11.3 Å². The van der Waals surface area contributed by atoms with Gasteiger partial charge in [0.15, 0.2) is 4.80 Å². The fourth-order valence-corrected chi connectivity index (χ4v) is 3.90. The van der Waals surface area contributed by atoms with Crippen molar-refractivity contribution in [3.05, 3.63) is 65.0 Å². The molecule has 5 nitrogen and oxygen atoms in total. The number of carbonyl (C=O) groups excluding carboxylic acids is 1. The maximum Gasteiger partial charge on any atom is 0.272 e. The zero-order chi connectivity index (χ0) is 19.8. The molecule has 146 valence electrons. The Morgan fingerprint density at radius 3 is 2.68 bits per heavy atom. The number of rotatable bonds is 8. The summed E-state index contributed by atoms with van der Waals surface area (Å²) in [5.41, 5.74) is 1.91. The number of ether oxygens (including phenoxy) is 2. The summed E-state index contributed by atoms with van der Waals surface area (Å²) in [6.07, 6.45) is 3.27. The Hall–Kier alpha value is -2.70. The molecule has 28 heavy (non-hydrogen) atoms. The first-order valence-electron chi connectivity index (χ1n) is 9.37. The zero-order valence-corrected chi connectivity index (χ0v) is 16.9. The highest BCUT2D eigenvalue weighted by molar-refractivity contribution is 7.16. The minimum atomic E-state index is -0.293. The van der Waals surface area contributed by atoms with Gasteiger partial charge in [0.25, 0.3) is 5.91 Å². The molecule has 1 heterocycles. The lowest BCUT2D eigenvalue weighted by atomic mass is 10.2. The molecule has 3 aromatic rings. The van der Waals surface area contributed by atoms with Gasteiger partial charge in [-0.05, 0) is 37.6 Å². The van der Waals surface area contributed by atoms with Crippen LogP contribution >= 0.6 is 11.3 Å². The van der Waals surface area contributed by atoms with Gasteiger partial charge >= 0.3 is 0 Å². The fourth-order valence-electron chi connectivity index (χ4n) is 2.83. The molecule has 0 spiro atoms. The molecule has 0 saturated carbocycles. The van der Waals surface area contributed by atoms with Crippen molar-refractivity contribution >= 4 is 33.5 Å². The van der Waals surface area contributed by atoms with Crippen LogP contribution in [0.15, 0.2) is 59.6 Å². The molecular formula is C22H24N2O3S. The summed E-state index contributed by atoms with van der Waals surface area (Å²) < 4.78 is 14.4. The molecule has 0 bridgehead atoms. The number of thiazole rings is 1. The van der Waals surface area contributed by atoms with Crippen molar-refractivity contribution in [2.75, 3.05) is 19.8 Å². The van der Waals surface area contributed by atoms with Gasteiger partial charge < -0.3 is 14.0 Å². The normalized spacial score (nSPS) is 12.1. The van der Waals surface area contributed by atoms with Gasteiger partial charge in [-0.15, -0.1) is 0 Å². The van der Waals surface area contributed by atoms with Crippen molar-refractivity contribution in [1.29, 1.82) is 0 Å². The number of fused-ring (bicyclic) bond motifs is 1. The summed E-state index contributed by atoms with van der Waals surface area (Å²) in [6, 6.07) is 15.6.